The molecule has 0 saturated carbocycles. The smallest absolute Gasteiger partial charge is 0.223 e. The molecule has 0 aromatic heterocycles. The summed E-state index contributed by atoms with van der Waals surface area (Å²) in [5.41, 5.74) is 2.33. The van der Waals surface area contributed by atoms with E-state index in [1.807, 2.05) is 17.0 Å². The van der Waals surface area contributed by atoms with E-state index in [2.05, 4.69) is 0 Å². The number of aromatic hydroxyl groups is 1. The van der Waals surface area contributed by atoms with Crippen LogP contribution in [0.3, 0.4) is 0 Å². The van der Waals surface area contributed by atoms with Crippen molar-refractivity contribution >= 4 is 5.91 Å². The third kappa shape index (κ3) is 2.96. The second kappa shape index (κ2) is 5.83. The molecule has 20 heavy (non-hydrogen) atoms. The number of fused-ring (bicyclic) bond motifs is 1. The average Bonchev–Trinajstić information content (AvgIpc) is 2.47. The highest BCUT2D eigenvalue weighted by molar-refractivity contribution is 5.76. The molecule has 0 spiro atoms. The van der Waals surface area contributed by atoms with Gasteiger partial charge in [-0.05, 0) is 48.4 Å². The molecule has 0 unspecified atom stereocenters. The summed E-state index contributed by atoms with van der Waals surface area (Å²) in [6, 6.07) is 5.44. The van der Waals surface area contributed by atoms with Gasteiger partial charge in [0.25, 0.3) is 0 Å². The largest absolute Gasteiger partial charge is 0.508 e. The molecule has 3 rings (SSSR count). The monoisotopic (exact) mass is 275 g/mol. The van der Waals surface area contributed by atoms with Crippen molar-refractivity contribution in [2.45, 2.75) is 32.2 Å². The van der Waals surface area contributed by atoms with Crippen molar-refractivity contribution < 1.29 is 14.6 Å². The van der Waals surface area contributed by atoms with Crippen LogP contribution in [-0.2, 0) is 22.5 Å². The molecule has 1 N–H and O–H groups in total. The van der Waals surface area contributed by atoms with Gasteiger partial charge >= 0.3 is 0 Å². The molecule has 2 aliphatic rings. The van der Waals surface area contributed by atoms with Gasteiger partial charge in [0.2, 0.25) is 5.91 Å². The number of amides is 1. The summed E-state index contributed by atoms with van der Waals surface area (Å²) in [5, 5.41) is 9.49. The van der Waals surface area contributed by atoms with Gasteiger partial charge in [-0.25, -0.2) is 0 Å². The van der Waals surface area contributed by atoms with Crippen LogP contribution in [0.15, 0.2) is 18.2 Å². The lowest BCUT2D eigenvalue weighted by molar-refractivity contribution is -0.133. The fourth-order valence-electron chi connectivity index (χ4n) is 3.08. The maximum Gasteiger partial charge on any atom is 0.223 e. The van der Waals surface area contributed by atoms with Crippen LogP contribution < -0.4 is 0 Å². The Morgan fingerprint density at radius 1 is 1.30 bits per heavy atom. The Morgan fingerprint density at radius 2 is 2.10 bits per heavy atom. The molecule has 1 saturated heterocycles. The maximum atomic E-state index is 12.4. The zero-order chi connectivity index (χ0) is 13.9. The number of ether oxygens (including phenoxy) is 1. The molecule has 1 fully saturated rings. The van der Waals surface area contributed by atoms with E-state index >= 15 is 0 Å². The van der Waals surface area contributed by atoms with E-state index in [1.165, 1.54) is 5.56 Å². The molecule has 4 heteroatoms. The van der Waals surface area contributed by atoms with Crippen molar-refractivity contribution in [1.29, 1.82) is 0 Å². The Kier molecular flexibility index (Phi) is 3.92. The fourth-order valence-corrected chi connectivity index (χ4v) is 3.08. The molecular formula is C16H21NO3. The zero-order valence-corrected chi connectivity index (χ0v) is 11.7. The van der Waals surface area contributed by atoms with Gasteiger partial charge in [-0.3, -0.25) is 4.79 Å². The SMILES string of the molecule is O=C(CC1CCOCC1)N1CCc2cc(O)ccc2C1. The van der Waals surface area contributed by atoms with Crippen LogP contribution in [-0.4, -0.2) is 35.7 Å². The minimum Gasteiger partial charge on any atom is -0.508 e. The number of hydrogen-bond acceptors (Lipinski definition) is 3. The molecule has 2 heterocycles. The van der Waals surface area contributed by atoms with Crippen LogP contribution in [0, 0.1) is 5.92 Å². The number of hydrogen-bond donors (Lipinski definition) is 1. The lowest BCUT2D eigenvalue weighted by atomic mass is 9.94. The third-order valence-electron chi connectivity index (χ3n) is 4.36. The molecule has 0 radical (unpaired) electrons. The first-order valence-corrected chi connectivity index (χ1v) is 7.38. The summed E-state index contributed by atoms with van der Waals surface area (Å²) in [7, 11) is 0. The van der Waals surface area contributed by atoms with Crippen LogP contribution in [0.1, 0.15) is 30.4 Å². The van der Waals surface area contributed by atoms with Gasteiger partial charge in [-0.2, -0.15) is 0 Å². The van der Waals surface area contributed by atoms with Crippen molar-refractivity contribution in [1.82, 2.24) is 4.90 Å². The van der Waals surface area contributed by atoms with Gasteiger partial charge in [0.05, 0.1) is 0 Å². The van der Waals surface area contributed by atoms with Gasteiger partial charge in [-0.1, -0.05) is 6.07 Å². The second-order valence-electron chi connectivity index (χ2n) is 5.78. The molecule has 1 amide bonds. The number of phenolic OH excluding ortho intramolecular Hbond substituents is 1. The van der Waals surface area contributed by atoms with Gasteiger partial charge in [0.15, 0.2) is 0 Å². The van der Waals surface area contributed by atoms with Gasteiger partial charge in [-0.15, -0.1) is 0 Å². The first kappa shape index (κ1) is 13.4. The highest BCUT2D eigenvalue weighted by Crippen LogP contribution is 2.25. The number of phenols is 1. The number of nitrogens with zero attached hydrogens (tertiary/aromatic N) is 1. The molecule has 108 valence electrons. The normalized spacial score (nSPS) is 19.7. The van der Waals surface area contributed by atoms with Crippen LogP contribution in [0.5, 0.6) is 5.75 Å². The Hall–Kier alpha value is -1.55. The van der Waals surface area contributed by atoms with Crippen LogP contribution in [0.25, 0.3) is 0 Å². The third-order valence-corrected chi connectivity index (χ3v) is 4.36. The standard InChI is InChI=1S/C16H21NO3/c18-15-2-1-14-11-17(6-3-13(14)10-15)16(19)9-12-4-7-20-8-5-12/h1-2,10,12,18H,3-9,11H2. The first-order chi connectivity index (χ1) is 9.72. The lowest BCUT2D eigenvalue weighted by Crippen LogP contribution is -2.37. The summed E-state index contributed by atoms with van der Waals surface area (Å²) < 4.78 is 5.34. The number of rotatable bonds is 2. The summed E-state index contributed by atoms with van der Waals surface area (Å²) in [6.45, 7) is 3.02. The quantitative estimate of drug-likeness (QED) is 0.899. The van der Waals surface area contributed by atoms with Crippen molar-refractivity contribution in [3.05, 3.63) is 29.3 Å². The number of carbonyl (C=O) groups excluding carboxylic acids is 1. The average molecular weight is 275 g/mol. The summed E-state index contributed by atoms with van der Waals surface area (Å²) in [4.78, 5) is 14.3. The molecule has 4 nitrogen and oxygen atoms in total. The van der Waals surface area contributed by atoms with E-state index in [1.54, 1.807) is 6.07 Å². The van der Waals surface area contributed by atoms with E-state index in [-0.39, 0.29) is 5.91 Å². The lowest BCUT2D eigenvalue weighted by Gasteiger charge is -2.31. The predicted octanol–water partition coefficient (Wildman–Crippen LogP) is 2.09. The highest BCUT2D eigenvalue weighted by atomic mass is 16.5. The molecule has 1 aromatic rings. The molecule has 2 aliphatic heterocycles. The van der Waals surface area contributed by atoms with Crippen LogP contribution in [0.2, 0.25) is 0 Å². The molecule has 0 atom stereocenters. The Balaban J connectivity index is 1.61. The van der Waals surface area contributed by atoms with E-state index in [4.69, 9.17) is 4.74 Å². The van der Waals surface area contributed by atoms with Crippen molar-refractivity contribution in [3.63, 3.8) is 0 Å². The molecule has 0 aliphatic carbocycles. The maximum absolute atomic E-state index is 12.4. The minimum atomic E-state index is 0.260. The second-order valence-corrected chi connectivity index (χ2v) is 5.78. The van der Waals surface area contributed by atoms with Gasteiger partial charge in [0.1, 0.15) is 5.75 Å². The van der Waals surface area contributed by atoms with Gasteiger partial charge in [0, 0.05) is 32.7 Å². The topological polar surface area (TPSA) is 49.8 Å². The van der Waals surface area contributed by atoms with Crippen LogP contribution in [0.4, 0.5) is 0 Å². The van der Waals surface area contributed by atoms with Gasteiger partial charge < -0.3 is 14.7 Å². The van der Waals surface area contributed by atoms with E-state index in [9.17, 15) is 9.90 Å². The zero-order valence-electron chi connectivity index (χ0n) is 11.7. The number of benzene rings is 1. The highest BCUT2D eigenvalue weighted by Gasteiger charge is 2.24. The fraction of sp³-hybridized carbons (Fsp3) is 0.562. The molecule has 0 bridgehead atoms. The summed E-state index contributed by atoms with van der Waals surface area (Å²) in [6.07, 6.45) is 3.49. The van der Waals surface area contributed by atoms with E-state index in [0.717, 1.165) is 44.6 Å². The summed E-state index contributed by atoms with van der Waals surface area (Å²) in [5.74, 6) is 1.05. The van der Waals surface area contributed by atoms with Crippen LogP contribution >= 0.6 is 0 Å². The first-order valence-electron chi connectivity index (χ1n) is 7.38. The Morgan fingerprint density at radius 3 is 2.90 bits per heavy atom. The Labute approximate surface area is 119 Å². The molecular weight excluding hydrogens is 254 g/mol. The Bertz CT molecular complexity index is 494. The number of carbonyl (C=O) groups is 1. The van der Waals surface area contributed by atoms with E-state index < -0.39 is 0 Å². The predicted molar refractivity (Wildman–Crippen MR) is 75.4 cm³/mol. The minimum absolute atomic E-state index is 0.260. The van der Waals surface area contributed by atoms with E-state index in [0.29, 0.717) is 24.6 Å². The van der Waals surface area contributed by atoms with Crippen molar-refractivity contribution in [2.24, 2.45) is 5.92 Å². The van der Waals surface area contributed by atoms with Crippen molar-refractivity contribution in [2.75, 3.05) is 19.8 Å². The molecule has 1 aromatic carbocycles. The summed E-state index contributed by atoms with van der Waals surface area (Å²) >= 11 is 0. The van der Waals surface area contributed by atoms with Crippen molar-refractivity contribution in [3.8, 4) is 5.75 Å².